The summed E-state index contributed by atoms with van der Waals surface area (Å²) in [6, 6.07) is 10.1. The van der Waals surface area contributed by atoms with Crippen LogP contribution in [-0.2, 0) is 0 Å². The molecule has 0 unspecified atom stereocenters. The second kappa shape index (κ2) is 6.18. The zero-order chi connectivity index (χ0) is 16.4. The highest BCUT2D eigenvalue weighted by Gasteiger charge is 2.10. The summed E-state index contributed by atoms with van der Waals surface area (Å²) >= 11 is 5.89. The molecule has 0 atom stereocenters. The Morgan fingerprint density at radius 1 is 1.26 bits per heavy atom. The van der Waals surface area contributed by atoms with Crippen molar-refractivity contribution in [1.82, 2.24) is 9.97 Å². The Morgan fingerprint density at radius 3 is 2.91 bits per heavy atom. The standard InChI is InChI=1S/C18H13ClN2O2/c1-11-15(10-13-3-2-8-20-18(13)21-11)17(23)6-4-12-9-14(19)5-7-16(12)22/h2-10,22H,1H3/b6-4+. The molecule has 3 aromatic rings. The molecule has 3 rings (SSSR count). The molecular formula is C18H13ClN2O2. The van der Waals surface area contributed by atoms with E-state index in [0.29, 0.717) is 27.5 Å². The first-order valence-corrected chi connectivity index (χ1v) is 7.36. The fourth-order valence-electron chi connectivity index (χ4n) is 2.26. The van der Waals surface area contributed by atoms with E-state index in [1.54, 1.807) is 37.4 Å². The number of aromatic hydroxyl groups is 1. The molecular weight excluding hydrogens is 312 g/mol. The van der Waals surface area contributed by atoms with Gasteiger partial charge in [0.1, 0.15) is 5.75 Å². The summed E-state index contributed by atoms with van der Waals surface area (Å²) in [5.74, 6) is -0.129. The molecule has 23 heavy (non-hydrogen) atoms. The maximum absolute atomic E-state index is 12.4. The van der Waals surface area contributed by atoms with Gasteiger partial charge in [-0.3, -0.25) is 4.79 Å². The molecule has 4 nitrogen and oxygen atoms in total. The molecule has 0 fully saturated rings. The van der Waals surface area contributed by atoms with Gasteiger partial charge in [0.25, 0.3) is 0 Å². The van der Waals surface area contributed by atoms with Gasteiger partial charge in [-0.2, -0.15) is 0 Å². The van der Waals surface area contributed by atoms with Crippen LogP contribution in [0.3, 0.4) is 0 Å². The van der Waals surface area contributed by atoms with Crippen molar-refractivity contribution in [3.63, 3.8) is 0 Å². The maximum atomic E-state index is 12.4. The first-order valence-electron chi connectivity index (χ1n) is 6.98. The summed E-state index contributed by atoms with van der Waals surface area (Å²) in [6.45, 7) is 1.77. The summed E-state index contributed by atoms with van der Waals surface area (Å²) in [5, 5.41) is 11.1. The molecule has 2 aromatic heterocycles. The minimum atomic E-state index is -0.194. The van der Waals surface area contributed by atoms with E-state index in [-0.39, 0.29) is 11.5 Å². The monoisotopic (exact) mass is 324 g/mol. The van der Waals surface area contributed by atoms with Crippen LogP contribution in [-0.4, -0.2) is 20.9 Å². The van der Waals surface area contributed by atoms with E-state index in [4.69, 9.17) is 11.6 Å². The van der Waals surface area contributed by atoms with Crippen LogP contribution in [0.25, 0.3) is 17.1 Å². The van der Waals surface area contributed by atoms with Gasteiger partial charge in [0.2, 0.25) is 0 Å². The van der Waals surface area contributed by atoms with Crippen molar-refractivity contribution >= 4 is 34.5 Å². The maximum Gasteiger partial charge on any atom is 0.187 e. The van der Waals surface area contributed by atoms with Crippen LogP contribution in [0.1, 0.15) is 21.6 Å². The fraction of sp³-hybridized carbons (Fsp3) is 0.0556. The van der Waals surface area contributed by atoms with Gasteiger partial charge in [0, 0.05) is 27.7 Å². The van der Waals surface area contributed by atoms with Gasteiger partial charge in [-0.05, 0) is 55.5 Å². The molecule has 0 bridgehead atoms. The number of aromatic nitrogens is 2. The highest BCUT2D eigenvalue weighted by Crippen LogP contribution is 2.23. The average molecular weight is 325 g/mol. The Hall–Kier alpha value is -2.72. The summed E-state index contributed by atoms with van der Waals surface area (Å²) in [6.07, 6.45) is 4.60. The van der Waals surface area contributed by atoms with Crippen LogP contribution in [0.5, 0.6) is 5.75 Å². The third-order valence-electron chi connectivity index (χ3n) is 3.45. The van der Waals surface area contributed by atoms with E-state index in [1.807, 2.05) is 6.07 Å². The van der Waals surface area contributed by atoms with Crippen LogP contribution in [0, 0.1) is 6.92 Å². The Bertz CT molecular complexity index is 935. The summed E-state index contributed by atoms with van der Waals surface area (Å²) < 4.78 is 0. The van der Waals surface area contributed by atoms with E-state index in [1.165, 1.54) is 18.2 Å². The number of ketones is 1. The van der Waals surface area contributed by atoms with Gasteiger partial charge in [-0.1, -0.05) is 11.6 Å². The van der Waals surface area contributed by atoms with Crippen molar-refractivity contribution in [1.29, 1.82) is 0 Å². The lowest BCUT2D eigenvalue weighted by molar-refractivity contribution is 0.104. The number of nitrogens with zero attached hydrogens (tertiary/aromatic N) is 2. The van der Waals surface area contributed by atoms with Crippen molar-refractivity contribution in [3.8, 4) is 5.75 Å². The van der Waals surface area contributed by atoms with E-state index >= 15 is 0 Å². The van der Waals surface area contributed by atoms with Gasteiger partial charge >= 0.3 is 0 Å². The van der Waals surface area contributed by atoms with Crippen molar-refractivity contribution < 1.29 is 9.90 Å². The molecule has 0 amide bonds. The number of aryl methyl sites for hydroxylation is 1. The Morgan fingerprint density at radius 2 is 2.09 bits per heavy atom. The third-order valence-corrected chi connectivity index (χ3v) is 3.68. The molecule has 114 valence electrons. The number of hydrogen-bond acceptors (Lipinski definition) is 4. The Kier molecular flexibility index (Phi) is 4.08. The zero-order valence-corrected chi connectivity index (χ0v) is 13.1. The van der Waals surface area contributed by atoms with E-state index < -0.39 is 0 Å². The number of allylic oxidation sites excluding steroid dienone is 1. The molecule has 0 radical (unpaired) electrons. The number of carbonyl (C=O) groups excluding carboxylic acids is 1. The number of fused-ring (bicyclic) bond motifs is 1. The largest absolute Gasteiger partial charge is 0.507 e. The lowest BCUT2D eigenvalue weighted by atomic mass is 10.1. The highest BCUT2D eigenvalue weighted by atomic mass is 35.5. The second-order valence-electron chi connectivity index (χ2n) is 5.07. The molecule has 0 aliphatic carbocycles. The number of benzene rings is 1. The first-order chi connectivity index (χ1) is 11.0. The third kappa shape index (κ3) is 3.22. The number of phenolic OH excluding ortho intramolecular Hbond substituents is 1. The van der Waals surface area contributed by atoms with Crippen molar-refractivity contribution in [2.75, 3.05) is 0 Å². The number of halogens is 1. The van der Waals surface area contributed by atoms with Crippen molar-refractivity contribution in [2.45, 2.75) is 6.92 Å². The predicted molar refractivity (Wildman–Crippen MR) is 90.8 cm³/mol. The number of pyridine rings is 2. The highest BCUT2D eigenvalue weighted by molar-refractivity contribution is 6.30. The topological polar surface area (TPSA) is 63.1 Å². The molecule has 1 N–H and O–H groups in total. The fourth-order valence-corrected chi connectivity index (χ4v) is 2.44. The Labute approximate surface area is 138 Å². The molecule has 1 aromatic carbocycles. The van der Waals surface area contributed by atoms with Crippen LogP contribution in [0.15, 0.2) is 48.7 Å². The second-order valence-corrected chi connectivity index (χ2v) is 5.51. The smallest absolute Gasteiger partial charge is 0.187 e. The van der Waals surface area contributed by atoms with Gasteiger partial charge in [-0.15, -0.1) is 0 Å². The molecule has 0 spiro atoms. The molecule has 0 saturated carbocycles. The SMILES string of the molecule is Cc1nc2ncccc2cc1C(=O)/C=C/c1cc(Cl)ccc1O. The normalized spacial score (nSPS) is 11.2. The summed E-state index contributed by atoms with van der Waals surface area (Å²) in [4.78, 5) is 20.9. The van der Waals surface area contributed by atoms with Gasteiger partial charge < -0.3 is 5.11 Å². The van der Waals surface area contributed by atoms with Crippen LogP contribution >= 0.6 is 11.6 Å². The average Bonchev–Trinajstić information content (AvgIpc) is 2.54. The number of hydrogen-bond donors (Lipinski definition) is 1. The lowest BCUT2D eigenvalue weighted by Crippen LogP contribution is -2.01. The molecule has 2 heterocycles. The first kappa shape index (κ1) is 15.2. The molecule has 5 heteroatoms. The van der Waals surface area contributed by atoms with Crippen LogP contribution < -0.4 is 0 Å². The van der Waals surface area contributed by atoms with Crippen LogP contribution in [0.2, 0.25) is 5.02 Å². The lowest BCUT2D eigenvalue weighted by Gasteiger charge is -2.04. The number of rotatable bonds is 3. The Balaban J connectivity index is 1.95. The van der Waals surface area contributed by atoms with Gasteiger partial charge in [0.15, 0.2) is 11.4 Å². The van der Waals surface area contributed by atoms with Gasteiger partial charge in [0.05, 0.1) is 5.69 Å². The molecule has 0 saturated heterocycles. The number of phenols is 1. The molecule has 0 aliphatic rings. The van der Waals surface area contributed by atoms with Gasteiger partial charge in [-0.25, -0.2) is 9.97 Å². The zero-order valence-electron chi connectivity index (χ0n) is 12.3. The quantitative estimate of drug-likeness (QED) is 0.579. The van der Waals surface area contributed by atoms with E-state index in [0.717, 1.165) is 5.39 Å². The number of carbonyl (C=O) groups is 1. The summed E-state index contributed by atoms with van der Waals surface area (Å²) in [5.41, 5.74) is 2.21. The minimum Gasteiger partial charge on any atom is -0.507 e. The molecule has 0 aliphatic heterocycles. The van der Waals surface area contributed by atoms with Crippen molar-refractivity contribution in [2.24, 2.45) is 0 Å². The van der Waals surface area contributed by atoms with Crippen molar-refractivity contribution in [3.05, 3.63) is 70.5 Å². The van der Waals surface area contributed by atoms with E-state index in [9.17, 15) is 9.90 Å². The van der Waals surface area contributed by atoms with E-state index in [2.05, 4.69) is 9.97 Å². The predicted octanol–water partition coefficient (Wildman–Crippen LogP) is 4.19. The van der Waals surface area contributed by atoms with Crippen LogP contribution in [0.4, 0.5) is 0 Å². The minimum absolute atomic E-state index is 0.0657. The summed E-state index contributed by atoms with van der Waals surface area (Å²) in [7, 11) is 0.